The molecule has 2 aliphatic heterocycles. The van der Waals surface area contributed by atoms with Gasteiger partial charge in [-0.2, -0.15) is 13.2 Å². The molecule has 9 heteroatoms. The number of hydrogen-bond acceptors (Lipinski definition) is 6. The summed E-state index contributed by atoms with van der Waals surface area (Å²) in [6, 6.07) is 2.35. The number of nitrogens with zero attached hydrogens (tertiary/aromatic N) is 4. The second-order valence-corrected chi connectivity index (χ2v) is 6.25. The zero-order valence-electron chi connectivity index (χ0n) is 12.9. The summed E-state index contributed by atoms with van der Waals surface area (Å²) in [6.07, 6.45) is -3.08. The van der Waals surface area contributed by atoms with Crippen LogP contribution in [0.25, 0.3) is 0 Å². The van der Waals surface area contributed by atoms with Crippen molar-refractivity contribution in [1.82, 2.24) is 15.2 Å². The summed E-state index contributed by atoms with van der Waals surface area (Å²) in [5.74, 6) is 0.780. The zero-order valence-corrected chi connectivity index (χ0v) is 12.9. The van der Waals surface area contributed by atoms with Gasteiger partial charge in [-0.3, -0.25) is 0 Å². The number of alkyl halides is 3. The third-order valence-corrected chi connectivity index (χ3v) is 4.72. The van der Waals surface area contributed by atoms with Crippen LogP contribution in [0.1, 0.15) is 17.3 Å². The number of halogens is 3. The third-order valence-electron chi connectivity index (χ3n) is 4.72. The predicted molar refractivity (Wildman–Crippen MR) is 76.5 cm³/mol. The van der Waals surface area contributed by atoms with E-state index < -0.39 is 17.2 Å². The van der Waals surface area contributed by atoms with E-state index in [9.17, 15) is 13.2 Å². The molecular weight excluding hydrogens is 325 g/mol. The van der Waals surface area contributed by atoms with Gasteiger partial charge in [0.15, 0.2) is 0 Å². The van der Waals surface area contributed by atoms with Crippen LogP contribution in [0.4, 0.5) is 19.0 Å². The van der Waals surface area contributed by atoms with E-state index >= 15 is 0 Å². The van der Waals surface area contributed by atoms with Crippen molar-refractivity contribution >= 4 is 5.82 Å². The molecule has 0 amide bonds. The van der Waals surface area contributed by atoms with Crippen LogP contribution in [0, 0.1) is 12.8 Å². The number of fused-ring (bicyclic) bond motifs is 1. The van der Waals surface area contributed by atoms with Crippen LogP contribution >= 0.6 is 0 Å². The van der Waals surface area contributed by atoms with Gasteiger partial charge in [0.2, 0.25) is 11.8 Å². The van der Waals surface area contributed by atoms with E-state index in [-0.39, 0.29) is 11.7 Å². The molecule has 24 heavy (non-hydrogen) atoms. The van der Waals surface area contributed by atoms with Gasteiger partial charge in [-0.1, -0.05) is 0 Å². The first kappa shape index (κ1) is 15.4. The molecule has 2 aliphatic rings. The van der Waals surface area contributed by atoms with Crippen LogP contribution in [-0.4, -0.2) is 41.5 Å². The summed E-state index contributed by atoms with van der Waals surface area (Å²) in [5.41, 5.74) is -1.32. The molecule has 2 aromatic rings. The van der Waals surface area contributed by atoms with Crippen molar-refractivity contribution in [3.63, 3.8) is 0 Å². The summed E-state index contributed by atoms with van der Waals surface area (Å²) in [6.45, 7) is 3.20. The molecule has 0 saturated carbocycles. The topological polar surface area (TPSA) is 64.3 Å². The summed E-state index contributed by atoms with van der Waals surface area (Å²) < 4.78 is 51.0. The van der Waals surface area contributed by atoms with Crippen molar-refractivity contribution in [3.8, 4) is 0 Å². The van der Waals surface area contributed by atoms with Crippen molar-refractivity contribution in [2.24, 2.45) is 5.92 Å². The van der Waals surface area contributed by atoms with Crippen LogP contribution in [0.5, 0.6) is 0 Å². The van der Waals surface area contributed by atoms with Gasteiger partial charge in [0.1, 0.15) is 5.82 Å². The lowest BCUT2D eigenvalue weighted by molar-refractivity contribution is -0.137. The lowest BCUT2D eigenvalue weighted by Gasteiger charge is -2.25. The largest absolute Gasteiger partial charge is 0.425 e. The first-order chi connectivity index (χ1) is 11.4. The smallest absolute Gasteiger partial charge is 0.419 e. The van der Waals surface area contributed by atoms with Crippen LogP contribution in [0.3, 0.4) is 0 Å². The normalized spacial score (nSPS) is 26.8. The molecule has 0 spiro atoms. The minimum Gasteiger partial charge on any atom is -0.425 e. The SMILES string of the molecule is Cc1nnc([C@@]23COC[C@@H]2CN(c2ncccc2C(F)(F)F)C3)o1. The molecule has 6 nitrogen and oxygen atoms in total. The summed E-state index contributed by atoms with van der Waals surface area (Å²) in [4.78, 5) is 5.63. The Bertz CT molecular complexity index is 763. The zero-order chi connectivity index (χ0) is 16.9. The van der Waals surface area contributed by atoms with E-state index in [0.29, 0.717) is 38.1 Å². The van der Waals surface area contributed by atoms with Crippen molar-refractivity contribution in [2.45, 2.75) is 18.5 Å². The van der Waals surface area contributed by atoms with Gasteiger partial charge in [0.25, 0.3) is 0 Å². The Labute approximate surface area is 135 Å². The van der Waals surface area contributed by atoms with E-state index in [1.807, 2.05) is 0 Å². The molecule has 2 fully saturated rings. The molecule has 0 aromatic carbocycles. The average molecular weight is 340 g/mol. The first-order valence-corrected chi connectivity index (χ1v) is 7.56. The minimum atomic E-state index is -4.45. The Balaban J connectivity index is 1.72. The monoisotopic (exact) mass is 340 g/mol. The Morgan fingerprint density at radius 3 is 2.88 bits per heavy atom. The highest BCUT2D eigenvalue weighted by Gasteiger charge is 2.56. The fourth-order valence-electron chi connectivity index (χ4n) is 3.57. The van der Waals surface area contributed by atoms with Crippen LogP contribution in [0.2, 0.25) is 0 Å². The van der Waals surface area contributed by atoms with Crippen LogP contribution in [0.15, 0.2) is 22.7 Å². The van der Waals surface area contributed by atoms with Crippen LogP contribution < -0.4 is 4.90 Å². The molecule has 0 bridgehead atoms. The lowest BCUT2D eigenvalue weighted by atomic mass is 9.81. The number of rotatable bonds is 2. The summed E-state index contributed by atoms with van der Waals surface area (Å²) in [7, 11) is 0. The Hall–Kier alpha value is -2.16. The maximum Gasteiger partial charge on any atom is 0.419 e. The molecule has 2 atom stereocenters. The number of pyridine rings is 1. The maximum atomic E-state index is 13.3. The lowest BCUT2D eigenvalue weighted by Crippen LogP contribution is -2.36. The quantitative estimate of drug-likeness (QED) is 0.835. The van der Waals surface area contributed by atoms with Gasteiger partial charge in [0, 0.05) is 32.1 Å². The fraction of sp³-hybridized carbons (Fsp3) is 0.533. The molecule has 2 saturated heterocycles. The highest BCUT2D eigenvalue weighted by molar-refractivity contribution is 5.51. The standard InChI is InChI=1S/C15H15F3N4O2/c1-9-20-21-13(24-9)14-7-22(5-10(14)6-23-8-14)12-11(15(16,17)18)3-2-4-19-12/h2-4,10H,5-8H2,1H3/t10-,14-/m0/s1. The van der Waals surface area contributed by atoms with E-state index in [1.54, 1.807) is 11.8 Å². The third kappa shape index (κ3) is 2.26. The Morgan fingerprint density at radius 1 is 1.33 bits per heavy atom. The number of aromatic nitrogens is 3. The number of ether oxygens (including phenoxy) is 1. The number of aryl methyl sites for hydroxylation is 1. The van der Waals surface area contributed by atoms with Gasteiger partial charge in [-0.25, -0.2) is 4.98 Å². The van der Waals surface area contributed by atoms with Gasteiger partial charge >= 0.3 is 6.18 Å². The molecule has 4 heterocycles. The van der Waals surface area contributed by atoms with Crippen molar-refractivity contribution in [2.75, 3.05) is 31.2 Å². The Morgan fingerprint density at radius 2 is 2.17 bits per heavy atom. The van der Waals surface area contributed by atoms with Gasteiger partial charge in [0.05, 0.1) is 24.2 Å². The fourth-order valence-corrected chi connectivity index (χ4v) is 3.57. The molecule has 0 aliphatic carbocycles. The second kappa shape index (κ2) is 5.17. The molecule has 0 N–H and O–H groups in total. The summed E-state index contributed by atoms with van der Waals surface area (Å²) in [5, 5.41) is 7.95. The predicted octanol–water partition coefficient (Wildman–Crippen LogP) is 2.20. The van der Waals surface area contributed by atoms with Crippen molar-refractivity contribution in [1.29, 1.82) is 0 Å². The van der Waals surface area contributed by atoms with Gasteiger partial charge in [-0.15, -0.1) is 10.2 Å². The molecule has 128 valence electrons. The number of anilines is 1. The summed E-state index contributed by atoms with van der Waals surface area (Å²) >= 11 is 0. The van der Waals surface area contributed by atoms with Crippen molar-refractivity contribution in [3.05, 3.63) is 35.7 Å². The van der Waals surface area contributed by atoms with Gasteiger partial charge < -0.3 is 14.1 Å². The first-order valence-electron chi connectivity index (χ1n) is 7.56. The molecule has 0 unspecified atom stereocenters. The van der Waals surface area contributed by atoms with E-state index in [4.69, 9.17) is 9.15 Å². The van der Waals surface area contributed by atoms with Crippen LogP contribution in [-0.2, 0) is 16.3 Å². The highest BCUT2D eigenvalue weighted by Crippen LogP contribution is 2.46. The minimum absolute atomic E-state index is 0.0135. The number of hydrogen-bond donors (Lipinski definition) is 0. The van der Waals surface area contributed by atoms with Gasteiger partial charge in [-0.05, 0) is 12.1 Å². The molecular formula is C15H15F3N4O2. The highest BCUT2D eigenvalue weighted by atomic mass is 19.4. The van der Waals surface area contributed by atoms with E-state index in [0.717, 1.165) is 6.07 Å². The Kier molecular flexibility index (Phi) is 3.31. The molecule has 0 radical (unpaired) electrons. The molecule has 2 aromatic heterocycles. The van der Waals surface area contributed by atoms with E-state index in [2.05, 4.69) is 15.2 Å². The molecule has 4 rings (SSSR count). The maximum absolute atomic E-state index is 13.3. The average Bonchev–Trinajstić information content (AvgIpc) is 3.19. The van der Waals surface area contributed by atoms with E-state index in [1.165, 1.54) is 12.3 Å². The van der Waals surface area contributed by atoms with Crippen molar-refractivity contribution < 1.29 is 22.3 Å². The second-order valence-electron chi connectivity index (χ2n) is 6.25.